The van der Waals surface area contributed by atoms with Gasteiger partial charge in [0.2, 0.25) is 9.76 Å². The van der Waals surface area contributed by atoms with Gasteiger partial charge in [-0.15, -0.1) is 0 Å². The number of imidazole rings is 1. The molecule has 0 amide bonds. The van der Waals surface area contributed by atoms with E-state index in [9.17, 15) is 0 Å². The number of hydrogen-bond donors (Lipinski definition) is 1. The minimum atomic E-state index is -0.448. The molecule has 0 atom stereocenters. The molecule has 0 aliphatic carbocycles. The molecular formula is C20H22BrN5OSi. The van der Waals surface area contributed by atoms with Crippen molar-refractivity contribution in [2.75, 3.05) is 0 Å². The van der Waals surface area contributed by atoms with E-state index in [-0.39, 0.29) is 5.04 Å². The maximum absolute atomic E-state index is 6.31. The number of pyridine rings is 1. The molecule has 0 saturated heterocycles. The molecule has 1 aromatic carbocycles. The van der Waals surface area contributed by atoms with E-state index in [4.69, 9.17) is 9.41 Å². The van der Waals surface area contributed by atoms with Crippen LogP contribution in [-0.2, 0) is 10.0 Å². The Kier molecular flexibility index (Phi) is 4.68. The van der Waals surface area contributed by atoms with E-state index in [2.05, 4.69) is 71.9 Å². The average molecular weight is 456 g/mol. The molecule has 144 valence electrons. The molecule has 0 saturated carbocycles. The monoisotopic (exact) mass is 455 g/mol. The fourth-order valence-corrected chi connectivity index (χ4v) is 4.17. The van der Waals surface area contributed by atoms with Gasteiger partial charge in [0.1, 0.15) is 5.69 Å². The molecule has 8 heteroatoms. The smallest absolute Gasteiger partial charge is 0.236 e. The van der Waals surface area contributed by atoms with Gasteiger partial charge in [0.05, 0.1) is 38.2 Å². The molecule has 1 N–H and O–H groups in total. The van der Waals surface area contributed by atoms with Crippen LogP contribution in [0, 0.1) is 0 Å². The summed E-state index contributed by atoms with van der Waals surface area (Å²) >= 11 is 3.43. The summed E-state index contributed by atoms with van der Waals surface area (Å²) in [6.45, 7) is 10.8. The van der Waals surface area contributed by atoms with Crippen LogP contribution in [0.1, 0.15) is 40.2 Å². The van der Waals surface area contributed by atoms with Gasteiger partial charge < -0.3 is 9.41 Å². The van der Waals surface area contributed by atoms with Crippen LogP contribution in [0.25, 0.3) is 33.6 Å². The molecule has 6 nitrogen and oxygen atoms in total. The zero-order valence-corrected chi connectivity index (χ0v) is 19.1. The number of para-hydroxylation sites is 1. The second kappa shape index (κ2) is 6.79. The Balaban J connectivity index is 1.81. The molecule has 0 aliphatic rings. The van der Waals surface area contributed by atoms with Gasteiger partial charge in [-0.1, -0.05) is 32.9 Å². The van der Waals surface area contributed by atoms with Crippen LogP contribution in [0.4, 0.5) is 0 Å². The molecule has 2 radical (unpaired) electrons. The first-order valence-corrected chi connectivity index (χ1v) is 10.7. The van der Waals surface area contributed by atoms with Crippen molar-refractivity contribution in [3.8, 4) is 11.5 Å². The summed E-state index contributed by atoms with van der Waals surface area (Å²) < 4.78 is 7.91. The van der Waals surface area contributed by atoms with Crippen molar-refractivity contribution in [3.63, 3.8) is 0 Å². The predicted octanol–water partition coefficient (Wildman–Crippen LogP) is 5.22. The normalized spacial score (nSPS) is 12.9. The van der Waals surface area contributed by atoms with E-state index in [1.165, 1.54) is 0 Å². The summed E-state index contributed by atoms with van der Waals surface area (Å²) in [7, 11) is 0.391. The van der Waals surface area contributed by atoms with Crippen molar-refractivity contribution < 1.29 is 4.43 Å². The first-order chi connectivity index (χ1) is 13.2. The van der Waals surface area contributed by atoms with Gasteiger partial charge in [-0.3, -0.25) is 0 Å². The van der Waals surface area contributed by atoms with Crippen LogP contribution in [0.2, 0.25) is 5.04 Å². The Hall–Kier alpha value is -2.03. The fraction of sp³-hybridized carbons (Fsp3) is 0.350. The standard InChI is InChI=1S/C20H22BrN5OSi/c1-19(2,3)28-27-20(4,5)13-9-6-10-14-16(13)24-17(23-14)15-12-8-7-11-22-18(12)26(21)25-15/h6-11H,1-5H3,(H,23,24). The zero-order valence-electron chi connectivity index (χ0n) is 16.5. The highest BCUT2D eigenvalue weighted by molar-refractivity contribution is 9.08. The number of benzene rings is 1. The van der Waals surface area contributed by atoms with Gasteiger partial charge in [-0.2, -0.15) is 8.81 Å². The van der Waals surface area contributed by atoms with Gasteiger partial charge in [0.25, 0.3) is 0 Å². The largest absolute Gasteiger partial charge is 0.408 e. The molecule has 4 rings (SSSR count). The number of nitrogens with one attached hydrogen (secondary N) is 1. The lowest BCUT2D eigenvalue weighted by Gasteiger charge is -2.29. The van der Waals surface area contributed by atoms with Crippen molar-refractivity contribution in [2.45, 2.75) is 45.3 Å². The molecule has 0 fully saturated rings. The third-order valence-electron chi connectivity index (χ3n) is 4.40. The summed E-state index contributed by atoms with van der Waals surface area (Å²) in [4.78, 5) is 12.7. The maximum atomic E-state index is 6.31. The van der Waals surface area contributed by atoms with E-state index >= 15 is 0 Å². The van der Waals surface area contributed by atoms with E-state index in [1.807, 2.05) is 24.3 Å². The van der Waals surface area contributed by atoms with Crippen LogP contribution in [-0.4, -0.2) is 33.5 Å². The van der Waals surface area contributed by atoms with E-state index in [1.54, 1.807) is 9.90 Å². The van der Waals surface area contributed by atoms with Crippen molar-refractivity contribution in [3.05, 3.63) is 42.1 Å². The van der Waals surface area contributed by atoms with Crippen LogP contribution >= 0.6 is 16.1 Å². The van der Waals surface area contributed by atoms with Crippen molar-refractivity contribution in [1.29, 1.82) is 0 Å². The third kappa shape index (κ3) is 3.52. The summed E-state index contributed by atoms with van der Waals surface area (Å²) in [6, 6.07) is 10.0. The Morgan fingerprint density at radius 2 is 1.89 bits per heavy atom. The molecule has 0 unspecified atom stereocenters. The second-order valence-corrected chi connectivity index (χ2v) is 10.9. The Bertz CT molecular complexity index is 1160. The SMILES string of the molecule is CC(C)(C)[Si]OC(C)(C)c1cccc2[nH]c(-c3nn(Br)c4ncccc34)nc12. The summed E-state index contributed by atoms with van der Waals surface area (Å²) in [5, 5.41) is 5.62. The van der Waals surface area contributed by atoms with Gasteiger partial charge in [0.15, 0.2) is 11.5 Å². The summed E-state index contributed by atoms with van der Waals surface area (Å²) in [6.07, 6.45) is 1.75. The number of aromatic nitrogens is 5. The molecule has 0 aliphatic heterocycles. The highest BCUT2D eigenvalue weighted by Gasteiger charge is 2.28. The molecule has 3 heterocycles. The zero-order chi connectivity index (χ0) is 20.1. The lowest BCUT2D eigenvalue weighted by Crippen LogP contribution is -2.27. The van der Waals surface area contributed by atoms with E-state index in [0.29, 0.717) is 15.6 Å². The Morgan fingerprint density at radius 3 is 2.64 bits per heavy atom. The minimum Gasteiger partial charge on any atom is -0.408 e. The van der Waals surface area contributed by atoms with Crippen molar-refractivity contribution >= 4 is 48.0 Å². The maximum Gasteiger partial charge on any atom is 0.236 e. The first-order valence-electron chi connectivity index (χ1n) is 9.10. The van der Waals surface area contributed by atoms with E-state index in [0.717, 1.165) is 33.3 Å². The molecule has 0 bridgehead atoms. The minimum absolute atomic E-state index is 0.122. The lowest BCUT2D eigenvalue weighted by molar-refractivity contribution is 0.111. The topological polar surface area (TPSA) is 68.6 Å². The Morgan fingerprint density at radius 1 is 1.11 bits per heavy atom. The van der Waals surface area contributed by atoms with Crippen molar-refractivity contribution in [1.82, 2.24) is 23.8 Å². The fourth-order valence-electron chi connectivity index (χ4n) is 3.06. The lowest BCUT2D eigenvalue weighted by atomic mass is 9.97. The van der Waals surface area contributed by atoms with Crippen molar-refractivity contribution in [2.24, 2.45) is 0 Å². The Labute approximate surface area is 175 Å². The van der Waals surface area contributed by atoms with Crippen LogP contribution in [0.5, 0.6) is 0 Å². The predicted molar refractivity (Wildman–Crippen MR) is 117 cm³/mol. The first kappa shape index (κ1) is 19.3. The number of hydrogen-bond acceptors (Lipinski definition) is 4. The summed E-state index contributed by atoms with van der Waals surface area (Å²) in [5.74, 6) is 0.715. The third-order valence-corrected chi connectivity index (χ3v) is 6.12. The average Bonchev–Trinajstić information content (AvgIpc) is 3.21. The number of rotatable bonds is 4. The van der Waals surface area contributed by atoms with Gasteiger partial charge in [-0.25, -0.2) is 9.97 Å². The second-order valence-electron chi connectivity index (χ2n) is 8.33. The molecule has 4 aromatic rings. The van der Waals surface area contributed by atoms with Gasteiger partial charge in [0, 0.05) is 11.8 Å². The van der Waals surface area contributed by atoms with Crippen LogP contribution in [0.15, 0.2) is 36.5 Å². The molecule has 28 heavy (non-hydrogen) atoms. The van der Waals surface area contributed by atoms with Gasteiger partial charge in [-0.05, 0) is 37.1 Å². The van der Waals surface area contributed by atoms with Crippen LogP contribution in [0.3, 0.4) is 0 Å². The quantitative estimate of drug-likeness (QED) is 0.428. The van der Waals surface area contributed by atoms with Gasteiger partial charge >= 0.3 is 0 Å². The van der Waals surface area contributed by atoms with E-state index < -0.39 is 5.60 Å². The highest BCUT2D eigenvalue weighted by atomic mass is 79.9. The number of nitrogens with zero attached hydrogens (tertiary/aromatic N) is 4. The number of fused-ring (bicyclic) bond motifs is 2. The van der Waals surface area contributed by atoms with Crippen LogP contribution < -0.4 is 0 Å². The molecular weight excluding hydrogens is 434 g/mol. The molecule has 0 spiro atoms. The highest BCUT2D eigenvalue weighted by Crippen LogP contribution is 2.35. The summed E-state index contributed by atoms with van der Waals surface area (Å²) in [5.41, 5.74) is 4.00. The number of aromatic amines is 1. The number of H-pyrrole nitrogens is 1. The molecule has 3 aromatic heterocycles. The number of halogens is 1.